The van der Waals surface area contributed by atoms with Crippen LogP contribution >= 0.6 is 38.5 Å². The number of nitrogens with one attached hydrogen (secondary N) is 1. The summed E-state index contributed by atoms with van der Waals surface area (Å²) in [6.45, 7) is 2.13. The Balaban J connectivity index is 2.80. The van der Waals surface area contributed by atoms with Crippen LogP contribution in [0.15, 0.2) is 22.7 Å². The minimum Gasteiger partial charge on any atom is -0.341 e. The topological polar surface area (TPSA) is 29.1 Å². The first-order chi connectivity index (χ1) is 7.15. The van der Waals surface area contributed by atoms with E-state index in [-0.39, 0.29) is 5.91 Å². The predicted molar refractivity (Wildman–Crippen MR) is 72.6 cm³/mol. The number of amides is 1. The van der Waals surface area contributed by atoms with Crippen LogP contribution in [-0.4, -0.2) is 12.5 Å². The number of hydrogen-bond acceptors (Lipinski definition) is 1. The van der Waals surface area contributed by atoms with E-state index in [2.05, 4.69) is 55.7 Å². The summed E-state index contributed by atoms with van der Waals surface area (Å²) in [5, 5.41) is 2.72. The standard InChI is InChI=1S/C11H9BrINO/c1-2-3-6-14-11(15)9-7-8(13)4-5-10(9)12/h4-5,7H,6H2,1H3,(H,14,15). The van der Waals surface area contributed by atoms with Gasteiger partial charge in [0.2, 0.25) is 0 Å². The minimum absolute atomic E-state index is 0.108. The van der Waals surface area contributed by atoms with Crippen molar-refractivity contribution in [3.63, 3.8) is 0 Å². The Kier molecular flexibility index (Phi) is 5.12. The first-order valence-corrected chi connectivity index (χ1v) is 6.15. The minimum atomic E-state index is -0.108. The fraction of sp³-hybridized carbons (Fsp3) is 0.182. The molecule has 1 aromatic rings. The number of carbonyl (C=O) groups excluding carboxylic acids is 1. The Hall–Kier alpha value is -0.540. The van der Waals surface area contributed by atoms with E-state index in [0.29, 0.717) is 12.1 Å². The molecule has 0 bridgehead atoms. The van der Waals surface area contributed by atoms with Gasteiger partial charge in [-0.1, -0.05) is 5.92 Å². The van der Waals surface area contributed by atoms with Gasteiger partial charge in [0.1, 0.15) is 0 Å². The lowest BCUT2D eigenvalue weighted by atomic mass is 10.2. The SMILES string of the molecule is CC#CCNC(=O)c1cc(I)ccc1Br. The van der Waals surface area contributed by atoms with Crippen LogP contribution in [0.2, 0.25) is 0 Å². The van der Waals surface area contributed by atoms with E-state index in [9.17, 15) is 4.79 Å². The van der Waals surface area contributed by atoms with Crippen LogP contribution < -0.4 is 5.32 Å². The highest BCUT2D eigenvalue weighted by molar-refractivity contribution is 14.1. The van der Waals surface area contributed by atoms with Crippen molar-refractivity contribution < 1.29 is 4.79 Å². The first-order valence-electron chi connectivity index (χ1n) is 4.28. The average Bonchev–Trinajstić information content (AvgIpc) is 2.22. The van der Waals surface area contributed by atoms with Gasteiger partial charge in [-0.05, 0) is 63.6 Å². The van der Waals surface area contributed by atoms with E-state index in [4.69, 9.17) is 0 Å². The average molecular weight is 378 g/mol. The Morgan fingerprint density at radius 2 is 2.33 bits per heavy atom. The van der Waals surface area contributed by atoms with Crippen molar-refractivity contribution in [2.24, 2.45) is 0 Å². The monoisotopic (exact) mass is 377 g/mol. The van der Waals surface area contributed by atoms with E-state index in [1.54, 1.807) is 6.92 Å². The molecule has 0 aromatic heterocycles. The van der Waals surface area contributed by atoms with Crippen LogP contribution in [0.4, 0.5) is 0 Å². The summed E-state index contributed by atoms with van der Waals surface area (Å²) in [6, 6.07) is 5.63. The van der Waals surface area contributed by atoms with E-state index in [0.717, 1.165) is 8.04 Å². The van der Waals surface area contributed by atoms with Crippen LogP contribution in [0.3, 0.4) is 0 Å². The molecule has 0 aliphatic heterocycles. The molecule has 0 aliphatic rings. The molecule has 1 N–H and O–H groups in total. The van der Waals surface area contributed by atoms with Crippen molar-refractivity contribution in [2.75, 3.05) is 6.54 Å². The summed E-state index contributed by atoms with van der Waals surface area (Å²) in [5.74, 6) is 5.40. The maximum Gasteiger partial charge on any atom is 0.253 e. The van der Waals surface area contributed by atoms with Gasteiger partial charge in [-0.15, -0.1) is 5.92 Å². The van der Waals surface area contributed by atoms with Crippen molar-refractivity contribution in [2.45, 2.75) is 6.92 Å². The maximum atomic E-state index is 11.7. The van der Waals surface area contributed by atoms with Crippen molar-refractivity contribution in [1.29, 1.82) is 0 Å². The summed E-state index contributed by atoms with van der Waals surface area (Å²) in [5.41, 5.74) is 0.639. The molecule has 0 spiro atoms. The third kappa shape index (κ3) is 3.84. The van der Waals surface area contributed by atoms with Crippen LogP contribution in [0.5, 0.6) is 0 Å². The molecule has 15 heavy (non-hydrogen) atoms. The van der Waals surface area contributed by atoms with Gasteiger partial charge in [0.25, 0.3) is 5.91 Å². The molecule has 0 radical (unpaired) electrons. The number of carbonyl (C=O) groups is 1. The highest BCUT2D eigenvalue weighted by Gasteiger charge is 2.08. The van der Waals surface area contributed by atoms with Crippen molar-refractivity contribution in [1.82, 2.24) is 5.32 Å². The van der Waals surface area contributed by atoms with E-state index >= 15 is 0 Å². The lowest BCUT2D eigenvalue weighted by Crippen LogP contribution is -2.24. The van der Waals surface area contributed by atoms with Gasteiger partial charge in [-0.2, -0.15) is 0 Å². The molecule has 2 nitrogen and oxygen atoms in total. The largest absolute Gasteiger partial charge is 0.341 e. The Morgan fingerprint density at radius 3 is 3.00 bits per heavy atom. The molecule has 1 amide bonds. The Labute approximate surface area is 111 Å². The van der Waals surface area contributed by atoms with Gasteiger partial charge in [0.05, 0.1) is 12.1 Å². The van der Waals surface area contributed by atoms with Crippen molar-refractivity contribution >= 4 is 44.4 Å². The van der Waals surface area contributed by atoms with E-state index in [1.807, 2.05) is 18.2 Å². The third-order valence-corrected chi connectivity index (χ3v) is 3.05. The highest BCUT2D eigenvalue weighted by Crippen LogP contribution is 2.19. The van der Waals surface area contributed by atoms with E-state index < -0.39 is 0 Å². The second kappa shape index (κ2) is 6.13. The van der Waals surface area contributed by atoms with Gasteiger partial charge < -0.3 is 5.32 Å². The maximum absolute atomic E-state index is 11.7. The molecule has 0 fully saturated rings. The van der Waals surface area contributed by atoms with Crippen LogP contribution in [-0.2, 0) is 0 Å². The molecule has 4 heteroatoms. The molecular weight excluding hydrogens is 369 g/mol. The Morgan fingerprint density at radius 1 is 1.60 bits per heavy atom. The molecule has 0 heterocycles. The van der Waals surface area contributed by atoms with E-state index in [1.165, 1.54) is 0 Å². The smallest absolute Gasteiger partial charge is 0.253 e. The lowest BCUT2D eigenvalue weighted by molar-refractivity contribution is 0.0958. The molecule has 0 atom stereocenters. The number of hydrogen-bond donors (Lipinski definition) is 1. The van der Waals surface area contributed by atoms with Crippen molar-refractivity contribution in [3.05, 3.63) is 31.8 Å². The van der Waals surface area contributed by atoms with Crippen LogP contribution in [0.25, 0.3) is 0 Å². The number of benzene rings is 1. The Bertz CT molecular complexity index is 434. The first kappa shape index (κ1) is 12.5. The predicted octanol–water partition coefficient (Wildman–Crippen LogP) is 2.81. The second-order valence-corrected chi connectivity index (χ2v) is 4.83. The van der Waals surface area contributed by atoms with Gasteiger partial charge >= 0.3 is 0 Å². The zero-order valence-electron chi connectivity index (χ0n) is 8.10. The molecule has 1 aromatic carbocycles. The zero-order valence-corrected chi connectivity index (χ0v) is 11.8. The zero-order chi connectivity index (χ0) is 11.3. The summed E-state index contributed by atoms with van der Waals surface area (Å²) in [7, 11) is 0. The van der Waals surface area contributed by atoms with Gasteiger partial charge in [0, 0.05) is 8.04 Å². The summed E-state index contributed by atoms with van der Waals surface area (Å²) in [6.07, 6.45) is 0. The van der Waals surface area contributed by atoms with Gasteiger partial charge in [0.15, 0.2) is 0 Å². The number of rotatable bonds is 2. The quantitative estimate of drug-likeness (QED) is 0.623. The van der Waals surface area contributed by atoms with Crippen LogP contribution in [0.1, 0.15) is 17.3 Å². The van der Waals surface area contributed by atoms with Crippen molar-refractivity contribution in [3.8, 4) is 11.8 Å². The summed E-state index contributed by atoms with van der Waals surface area (Å²) in [4.78, 5) is 11.7. The third-order valence-electron chi connectivity index (χ3n) is 1.69. The van der Waals surface area contributed by atoms with Gasteiger partial charge in [-0.25, -0.2) is 0 Å². The molecule has 0 aliphatic carbocycles. The van der Waals surface area contributed by atoms with Gasteiger partial charge in [-0.3, -0.25) is 4.79 Å². The molecule has 1 rings (SSSR count). The van der Waals surface area contributed by atoms with Crippen LogP contribution in [0, 0.1) is 15.4 Å². The fourth-order valence-electron chi connectivity index (χ4n) is 0.980. The second-order valence-electron chi connectivity index (χ2n) is 2.73. The fourth-order valence-corrected chi connectivity index (χ4v) is 1.90. The number of halogens is 2. The molecule has 0 unspecified atom stereocenters. The lowest BCUT2D eigenvalue weighted by Gasteiger charge is -2.04. The summed E-state index contributed by atoms with van der Waals surface area (Å²) >= 11 is 5.51. The molecule has 0 saturated carbocycles. The molecule has 0 saturated heterocycles. The molecule has 78 valence electrons. The normalized spacial score (nSPS) is 9.00. The molecular formula is C11H9BrINO. The highest BCUT2D eigenvalue weighted by atomic mass is 127. The summed E-state index contributed by atoms with van der Waals surface area (Å²) < 4.78 is 1.83.